The second kappa shape index (κ2) is 5.12. The first-order valence-corrected chi connectivity index (χ1v) is 7.93. The Labute approximate surface area is 94.8 Å². The number of hydrogen-bond donors (Lipinski definition) is 0. The SMILES string of the molecule is CCc1cccc(P2CCCC2)c1CC. The molecule has 1 heterocycles. The van der Waals surface area contributed by atoms with Gasteiger partial charge in [0.05, 0.1) is 0 Å². The van der Waals surface area contributed by atoms with Crippen molar-refractivity contribution in [3.63, 3.8) is 0 Å². The molecule has 0 bridgehead atoms. The van der Waals surface area contributed by atoms with Crippen LogP contribution < -0.4 is 5.30 Å². The van der Waals surface area contributed by atoms with E-state index in [1.165, 1.54) is 38.0 Å². The van der Waals surface area contributed by atoms with Crippen LogP contribution in [0.4, 0.5) is 0 Å². The molecule has 0 atom stereocenters. The van der Waals surface area contributed by atoms with Gasteiger partial charge in [0.25, 0.3) is 0 Å². The van der Waals surface area contributed by atoms with Crippen LogP contribution in [0.3, 0.4) is 0 Å². The highest BCUT2D eigenvalue weighted by atomic mass is 31.1. The Balaban J connectivity index is 2.36. The summed E-state index contributed by atoms with van der Waals surface area (Å²) >= 11 is 0. The van der Waals surface area contributed by atoms with E-state index in [0.717, 1.165) is 0 Å². The van der Waals surface area contributed by atoms with Gasteiger partial charge < -0.3 is 0 Å². The highest BCUT2D eigenvalue weighted by Gasteiger charge is 2.19. The van der Waals surface area contributed by atoms with Crippen LogP contribution in [0.1, 0.15) is 37.8 Å². The molecule has 1 aliphatic rings. The Morgan fingerprint density at radius 2 is 1.80 bits per heavy atom. The van der Waals surface area contributed by atoms with Crippen molar-refractivity contribution < 1.29 is 0 Å². The zero-order valence-corrected chi connectivity index (χ0v) is 10.8. The third-order valence-electron chi connectivity index (χ3n) is 3.43. The Hall–Kier alpha value is -0.350. The molecule has 0 radical (unpaired) electrons. The number of hydrogen-bond acceptors (Lipinski definition) is 0. The standard InChI is InChI=1S/C14H21P/c1-3-12-8-7-9-14(13(12)4-2)15-10-5-6-11-15/h7-9H,3-6,10-11H2,1-2H3. The fourth-order valence-electron chi connectivity index (χ4n) is 2.61. The van der Waals surface area contributed by atoms with Crippen molar-refractivity contribution in [2.24, 2.45) is 0 Å². The van der Waals surface area contributed by atoms with Crippen molar-refractivity contribution in [3.05, 3.63) is 29.3 Å². The van der Waals surface area contributed by atoms with Crippen molar-refractivity contribution in [2.75, 3.05) is 12.3 Å². The highest BCUT2D eigenvalue weighted by Crippen LogP contribution is 2.43. The quantitative estimate of drug-likeness (QED) is 0.681. The average molecular weight is 220 g/mol. The van der Waals surface area contributed by atoms with Crippen LogP contribution in [0.5, 0.6) is 0 Å². The fourth-order valence-corrected chi connectivity index (χ4v) is 5.51. The summed E-state index contributed by atoms with van der Waals surface area (Å²) in [5.74, 6) is 0. The topological polar surface area (TPSA) is 0 Å². The molecule has 82 valence electrons. The Bertz CT molecular complexity index is 324. The van der Waals surface area contributed by atoms with Crippen LogP contribution in [-0.4, -0.2) is 12.3 Å². The Kier molecular flexibility index (Phi) is 3.81. The maximum absolute atomic E-state index is 2.40. The van der Waals surface area contributed by atoms with Gasteiger partial charge in [0, 0.05) is 0 Å². The number of rotatable bonds is 3. The molecule has 2 rings (SSSR count). The lowest BCUT2D eigenvalue weighted by Crippen LogP contribution is -2.11. The number of aryl methyl sites for hydroxylation is 1. The molecule has 1 heteroatoms. The Morgan fingerprint density at radius 1 is 1.07 bits per heavy atom. The molecule has 0 saturated carbocycles. The van der Waals surface area contributed by atoms with Crippen LogP contribution in [0.15, 0.2) is 18.2 Å². The van der Waals surface area contributed by atoms with Gasteiger partial charge in [0.15, 0.2) is 0 Å². The lowest BCUT2D eigenvalue weighted by atomic mass is 10.0. The van der Waals surface area contributed by atoms with Gasteiger partial charge in [0.1, 0.15) is 0 Å². The molecule has 0 nitrogen and oxygen atoms in total. The molecule has 1 aliphatic heterocycles. The highest BCUT2D eigenvalue weighted by molar-refractivity contribution is 7.66. The van der Waals surface area contributed by atoms with Gasteiger partial charge in [-0.15, -0.1) is 0 Å². The van der Waals surface area contributed by atoms with E-state index in [2.05, 4.69) is 32.0 Å². The molecule has 1 saturated heterocycles. The zero-order valence-electron chi connectivity index (χ0n) is 9.92. The molecule has 0 amide bonds. The van der Waals surface area contributed by atoms with E-state index in [1.807, 2.05) is 0 Å². The van der Waals surface area contributed by atoms with Crippen molar-refractivity contribution in [3.8, 4) is 0 Å². The minimum Gasteiger partial charge on any atom is -0.0750 e. The van der Waals surface area contributed by atoms with Crippen LogP contribution in [0.25, 0.3) is 0 Å². The predicted octanol–water partition coefficient (Wildman–Crippen LogP) is 3.71. The van der Waals surface area contributed by atoms with Crippen LogP contribution in [0, 0.1) is 0 Å². The van der Waals surface area contributed by atoms with E-state index in [4.69, 9.17) is 0 Å². The summed E-state index contributed by atoms with van der Waals surface area (Å²) < 4.78 is 0. The summed E-state index contributed by atoms with van der Waals surface area (Å²) in [6.07, 6.45) is 8.31. The molecule has 15 heavy (non-hydrogen) atoms. The minimum atomic E-state index is 0.211. The minimum absolute atomic E-state index is 0.211. The first kappa shape index (κ1) is 11.1. The summed E-state index contributed by atoms with van der Waals surface area (Å²) in [5, 5.41) is 1.73. The van der Waals surface area contributed by atoms with Gasteiger partial charge in [-0.05, 0) is 54.4 Å². The molecule has 0 aromatic heterocycles. The van der Waals surface area contributed by atoms with Gasteiger partial charge in [-0.2, -0.15) is 0 Å². The molecule has 1 aromatic carbocycles. The average Bonchev–Trinajstić information content (AvgIpc) is 2.81. The van der Waals surface area contributed by atoms with E-state index < -0.39 is 0 Å². The molecule has 0 spiro atoms. The number of benzene rings is 1. The second-order valence-corrected chi connectivity index (χ2v) is 6.77. The maximum Gasteiger partial charge on any atom is -0.0206 e. The first-order valence-electron chi connectivity index (χ1n) is 6.22. The summed E-state index contributed by atoms with van der Waals surface area (Å²) in [6, 6.07) is 6.98. The predicted molar refractivity (Wildman–Crippen MR) is 70.7 cm³/mol. The third kappa shape index (κ3) is 2.26. The van der Waals surface area contributed by atoms with Crippen molar-refractivity contribution in [1.29, 1.82) is 0 Å². The van der Waals surface area contributed by atoms with Crippen LogP contribution in [-0.2, 0) is 12.8 Å². The summed E-state index contributed by atoms with van der Waals surface area (Å²) in [6.45, 7) is 4.59. The maximum atomic E-state index is 2.40. The van der Waals surface area contributed by atoms with Gasteiger partial charge in [0.2, 0.25) is 0 Å². The molecule has 1 aromatic rings. The van der Waals surface area contributed by atoms with Gasteiger partial charge in [-0.1, -0.05) is 40.0 Å². The van der Waals surface area contributed by atoms with Gasteiger partial charge in [-0.3, -0.25) is 0 Å². The smallest absolute Gasteiger partial charge is 0.0206 e. The molecule has 1 fully saturated rings. The fraction of sp³-hybridized carbons (Fsp3) is 0.571. The van der Waals surface area contributed by atoms with Gasteiger partial charge >= 0.3 is 0 Å². The van der Waals surface area contributed by atoms with Crippen LogP contribution in [0.2, 0.25) is 0 Å². The Morgan fingerprint density at radius 3 is 2.40 bits per heavy atom. The molecular weight excluding hydrogens is 199 g/mol. The zero-order chi connectivity index (χ0) is 10.7. The van der Waals surface area contributed by atoms with Gasteiger partial charge in [-0.25, -0.2) is 0 Å². The van der Waals surface area contributed by atoms with E-state index >= 15 is 0 Å². The van der Waals surface area contributed by atoms with E-state index in [-0.39, 0.29) is 7.92 Å². The normalized spacial score (nSPS) is 17.2. The van der Waals surface area contributed by atoms with E-state index in [0.29, 0.717) is 0 Å². The summed E-state index contributed by atoms with van der Waals surface area (Å²) in [4.78, 5) is 0. The molecule has 0 aliphatic carbocycles. The van der Waals surface area contributed by atoms with Crippen LogP contribution >= 0.6 is 7.92 Å². The lowest BCUT2D eigenvalue weighted by Gasteiger charge is -2.17. The lowest BCUT2D eigenvalue weighted by molar-refractivity contribution is 0.949. The molecule has 0 N–H and O–H groups in total. The molecular formula is C14H21P. The van der Waals surface area contributed by atoms with E-state index in [9.17, 15) is 0 Å². The molecule has 0 unspecified atom stereocenters. The third-order valence-corrected chi connectivity index (χ3v) is 6.24. The second-order valence-electron chi connectivity index (χ2n) is 4.32. The largest absolute Gasteiger partial charge is 0.0750 e. The summed E-state index contributed by atoms with van der Waals surface area (Å²) in [7, 11) is 0.211. The van der Waals surface area contributed by atoms with E-state index in [1.54, 1.807) is 16.4 Å². The van der Waals surface area contributed by atoms with Crippen molar-refractivity contribution >= 4 is 13.2 Å². The van der Waals surface area contributed by atoms with Crippen molar-refractivity contribution in [2.45, 2.75) is 39.5 Å². The monoisotopic (exact) mass is 220 g/mol. The summed E-state index contributed by atoms with van der Waals surface area (Å²) in [5.41, 5.74) is 3.26. The first-order chi connectivity index (χ1) is 7.36. The van der Waals surface area contributed by atoms with Crippen molar-refractivity contribution in [1.82, 2.24) is 0 Å².